The van der Waals surface area contributed by atoms with Gasteiger partial charge in [-0.15, -0.1) is 0 Å². The Kier molecular flexibility index (Phi) is 56.3. The molecule has 0 aromatic heterocycles. The first-order chi connectivity index (χ1) is 38.4. The van der Waals surface area contributed by atoms with Crippen LogP contribution in [0.25, 0.3) is 0 Å². The SMILES string of the molecule is CC/C=C\C/C=C\C/C=C\C/C=C\C/C=C\CCCCCCCCCCCC(=O)NC(COP(=O)(O)OCC[N+](C)(C)C)C(/C=C\CCCCCCCCCCC)OC(=O)CCCCCCCCC/C=C/CCCCCCCC. The molecular formula is C69H126N2O7P+. The van der Waals surface area contributed by atoms with Gasteiger partial charge in [0, 0.05) is 12.8 Å². The molecule has 0 heterocycles. The number of amides is 1. The highest BCUT2D eigenvalue weighted by molar-refractivity contribution is 7.47. The number of hydrogen-bond acceptors (Lipinski definition) is 6. The third-order valence-corrected chi connectivity index (χ3v) is 15.3. The van der Waals surface area contributed by atoms with Gasteiger partial charge in [-0.1, -0.05) is 260 Å². The number of nitrogens with zero attached hydrogens (tertiary/aromatic N) is 1. The molecule has 9 nitrogen and oxygen atoms in total. The Hall–Kier alpha value is -2.81. The molecule has 0 aliphatic carbocycles. The molecule has 0 aliphatic rings. The van der Waals surface area contributed by atoms with Crippen molar-refractivity contribution in [1.29, 1.82) is 0 Å². The summed E-state index contributed by atoms with van der Waals surface area (Å²) >= 11 is 0. The molecule has 0 aliphatic heterocycles. The molecule has 0 radical (unpaired) electrons. The van der Waals surface area contributed by atoms with Crippen molar-refractivity contribution in [3.8, 4) is 0 Å². The average molecular weight is 1130 g/mol. The van der Waals surface area contributed by atoms with Gasteiger partial charge in [0.2, 0.25) is 5.91 Å². The van der Waals surface area contributed by atoms with Crippen LogP contribution >= 0.6 is 7.82 Å². The maximum atomic E-state index is 13.6. The largest absolute Gasteiger partial charge is 0.472 e. The lowest BCUT2D eigenvalue weighted by molar-refractivity contribution is -0.870. The minimum Gasteiger partial charge on any atom is -0.456 e. The summed E-state index contributed by atoms with van der Waals surface area (Å²) < 4.78 is 30.7. The van der Waals surface area contributed by atoms with Crippen LogP contribution < -0.4 is 5.32 Å². The molecule has 10 heteroatoms. The molecule has 0 saturated heterocycles. The van der Waals surface area contributed by atoms with Crippen LogP contribution in [0.4, 0.5) is 0 Å². The Bertz CT molecular complexity index is 1630. The van der Waals surface area contributed by atoms with E-state index in [9.17, 15) is 19.0 Å². The van der Waals surface area contributed by atoms with E-state index in [0.29, 0.717) is 17.4 Å². The molecule has 0 fully saturated rings. The molecule has 0 spiro atoms. The number of esters is 1. The number of carbonyl (C=O) groups is 2. The van der Waals surface area contributed by atoms with Gasteiger partial charge in [-0.2, -0.15) is 0 Å². The fraction of sp³-hybridized carbons (Fsp3) is 0.768. The topological polar surface area (TPSA) is 111 Å². The number of unbranched alkanes of at least 4 members (excludes halogenated alkanes) is 31. The van der Waals surface area contributed by atoms with Gasteiger partial charge in [0.05, 0.1) is 33.8 Å². The minimum atomic E-state index is -4.46. The number of allylic oxidation sites excluding steroid dienone is 13. The van der Waals surface area contributed by atoms with Gasteiger partial charge in [0.1, 0.15) is 19.3 Å². The number of phosphoric acid groups is 1. The maximum absolute atomic E-state index is 13.6. The first kappa shape index (κ1) is 76.2. The van der Waals surface area contributed by atoms with Crippen molar-refractivity contribution < 1.29 is 37.3 Å². The normalized spacial score (nSPS) is 14.2. The second-order valence-electron chi connectivity index (χ2n) is 23.3. The Morgan fingerprint density at radius 1 is 0.456 bits per heavy atom. The number of rotatable bonds is 59. The predicted octanol–water partition coefficient (Wildman–Crippen LogP) is 20.6. The predicted molar refractivity (Wildman–Crippen MR) is 341 cm³/mol. The molecule has 3 unspecified atom stereocenters. The molecule has 458 valence electrons. The second kappa shape index (κ2) is 58.4. The van der Waals surface area contributed by atoms with Gasteiger partial charge in [0.25, 0.3) is 0 Å². The van der Waals surface area contributed by atoms with E-state index in [2.05, 4.69) is 99.0 Å². The van der Waals surface area contributed by atoms with E-state index in [0.717, 1.165) is 116 Å². The summed E-state index contributed by atoms with van der Waals surface area (Å²) in [7, 11) is 1.49. The molecule has 0 bridgehead atoms. The first-order valence-electron chi connectivity index (χ1n) is 32.9. The van der Waals surface area contributed by atoms with Crippen molar-refractivity contribution in [2.75, 3.05) is 40.9 Å². The Balaban J connectivity index is 5.12. The molecular weight excluding hydrogens is 1000 g/mol. The van der Waals surface area contributed by atoms with E-state index in [4.69, 9.17) is 13.8 Å². The van der Waals surface area contributed by atoms with Crippen molar-refractivity contribution >= 4 is 19.7 Å². The van der Waals surface area contributed by atoms with Crippen LogP contribution in [0.15, 0.2) is 85.1 Å². The van der Waals surface area contributed by atoms with Gasteiger partial charge < -0.3 is 19.4 Å². The van der Waals surface area contributed by atoms with Gasteiger partial charge in [-0.3, -0.25) is 18.6 Å². The van der Waals surface area contributed by atoms with E-state index in [1.54, 1.807) is 0 Å². The lowest BCUT2D eigenvalue weighted by Crippen LogP contribution is -2.47. The highest BCUT2D eigenvalue weighted by atomic mass is 31.2. The smallest absolute Gasteiger partial charge is 0.456 e. The van der Waals surface area contributed by atoms with Crippen LogP contribution in [0.2, 0.25) is 0 Å². The minimum absolute atomic E-state index is 0.0356. The number of likely N-dealkylation sites (N-methyl/N-ethyl adjacent to an activating group) is 1. The summed E-state index contributed by atoms with van der Waals surface area (Å²) in [5.74, 6) is -0.515. The lowest BCUT2D eigenvalue weighted by atomic mass is 10.0. The van der Waals surface area contributed by atoms with Crippen LogP contribution in [-0.4, -0.2) is 74.3 Å². The zero-order valence-corrected chi connectivity index (χ0v) is 53.2. The molecule has 79 heavy (non-hydrogen) atoms. The molecule has 1 amide bonds. The summed E-state index contributed by atoms with van der Waals surface area (Å²) in [4.78, 5) is 37.8. The molecule has 0 rings (SSSR count). The van der Waals surface area contributed by atoms with Gasteiger partial charge >= 0.3 is 13.8 Å². The van der Waals surface area contributed by atoms with Crippen LogP contribution in [-0.2, 0) is 27.9 Å². The Morgan fingerprint density at radius 2 is 0.810 bits per heavy atom. The number of phosphoric ester groups is 1. The molecule has 3 atom stereocenters. The van der Waals surface area contributed by atoms with Crippen LogP contribution in [0.1, 0.15) is 290 Å². The highest BCUT2D eigenvalue weighted by Crippen LogP contribution is 2.43. The monoisotopic (exact) mass is 1130 g/mol. The summed E-state index contributed by atoms with van der Waals surface area (Å²) in [6, 6.07) is -0.857. The molecule has 0 saturated carbocycles. The van der Waals surface area contributed by atoms with Crippen LogP contribution in [0.5, 0.6) is 0 Å². The van der Waals surface area contributed by atoms with E-state index < -0.39 is 20.0 Å². The van der Waals surface area contributed by atoms with Crippen molar-refractivity contribution in [2.45, 2.75) is 303 Å². The van der Waals surface area contributed by atoms with E-state index in [-0.39, 0.29) is 31.5 Å². The number of carbonyl (C=O) groups excluding carboxylic acids is 2. The Morgan fingerprint density at radius 3 is 1.23 bits per heavy atom. The quantitative estimate of drug-likeness (QED) is 0.0205. The van der Waals surface area contributed by atoms with E-state index in [1.807, 2.05) is 33.3 Å². The maximum Gasteiger partial charge on any atom is 0.472 e. The standard InChI is InChI=1S/C69H125N2O7P/c1-7-10-13-16-19-22-25-27-29-31-32-33-34-35-36-37-38-40-41-43-46-49-52-55-58-61-68(72)70-66(65-77-79(74,75)76-64-63-71(4,5)6)67(60-57-54-51-48-45-24-21-18-15-12-9-3)78-69(73)62-59-56-53-50-47-44-42-39-30-28-26-23-20-17-14-11-8-2/h10,13,19,22,27-30,32-33,35-36,57,60,66-67H,7-9,11-12,14-18,20-21,23-26,31,34,37-56,58-59,61-65H2,1-6H3,(H-,70,72,74,75)/p+1/b13-10-,22-19-,29-27-,30-28+,33-32-,36-35-,60-57-. The van der Waals surface area contributed by atoms with E-state index in [1.165, 1.54) is 141 Å². The zero-order chi connectivity index (χ0) is 57.9. The summed E-state index contributed by atoms with van der Waals surface area (Å²) in [5, 5.41) is 3.06. The third-order valence-electron chi connectivity index (χ3n) is 14.3. The van der Waals surface area contributed by atoms with Crippen molar-refractivity contribution in [3.63, 3.8) is 0 Å². The van der Waals surface area contributed by atoms with E-state index >= 15 is 0 Å². The Labute approximate surface area is 488 Å². The van der Waals surface area contributed by atoms with Crippen LogP contribution in [0.3, 0.4) is 0 Å². The van der Waals surface area contributed by atoms with Gasteiger partial charge in [-0.05, 0) is 102 Å². The zero-order valence-electron chi connectivity index (χ0n) is 52.3. The van der Waals surface area contributed by atoms with Crippen molar-refractivity contribution in [1.82, 2.24) is 5.32 Å². The van der Waals surface area contributed by atoms with Gasteiger partial charge in [-0.25, -0.2) is 4.57 Å². The molecule has 0 aromatic rings. The highest BCUT2D eigenvalue weighted by Gasteiger charge is 2.30. The average Bonchev–Trinajstić information content (AvgIpc) is 3.41. The fourth-order valence-corrected chi connectivity index (χ4v) is 9.99. The van der Waals surface area contributed by atoms with Crippen molar-refractivity contribution in [3.05, 3.63) is 85.1 Å². The van der Waals surface area contributed by atoms with Crippen LogP contribution in [0, 0.1) is 0 Å². The number of quaternary nitrogens is 1. The number of nitrogens with one attached hydrogen (secondary N) is 1. The second-order valence-corrected chi connectivity index (χ2v) is 24.7. The first-order valence-corrected chi connectivity index (χ1v) is 34.4. The molecule has 2 N–H and O–H groups in total. The fourth-order valence-electron chi connectivity index (χ4n) is 9.26. The summed E-state index contributed by atoms with van der Waals surface area (Å²) in [6.07, 6.45) is 77.2. The summed E-state index contributed by atoms with van der Waals surface area (Å²) in [6.45, 7) is 6.89. The number of ether oxygens (including phenoxy) is 1. The molecule has 0 aromatic carbocycles. The van der Waals surface area contributed by atoms with Gasteiger partial charge in [0.15, 0.2) is 0 Å². The van der Waals surface area contributed by atoms with Crippen molar-refractivity contribution in [2.24, 2.45) is 0 Å². The lowest BCUT2D eigenvalue weighted by Gasteiger charge is -2.27. The number of hydrogen-bond donors (Lipinski definition) is 2. The third kappa shape index (κ3) is 59.6. The summed E-state index contributed by atoms with van der Waals surface area (Å²) in [5.41, 5.74) is 0.